The minimum Gasteiger partial charge on any atom is -0.371 e. The van der Waals surface area contributed by atoms with Crippen LogP contribution in [0.3, 0.4) is 0 Å². The number of hydrogen-bond acceptors (Lipinski definition) is 4. The Morgan fingerprint density at radius 3 is 2.32 bits per heavy atom. The molecule has 1 fully saturated rings. The molecule has 1 aliphatic heterocycles. The fourth-order valence-corrected chi connectivity index (χ4v) is 3.88. The number of guanidine groups is 2. The molecule has 1 aliphatic rings. The number of nitrogens with two attached hydrogens (primary N) is 3. The first-order chi connectivity index (χ1) is 11.7. The van der Waals surface area contributed by atoms with Gasteiger partial charge in [-0.2, -0.15) is 4.99 Å². The first-order valence-electron chi connectivity index (χ1n) is 8.28. The summed E-state index contributed by atoms with van der Waals surface area (Å²) in [5, 5.41) is -0.577. The van der Waals surface area contributed by atoms with Gasteiger partial charge in [0.2, 0.25) is 5.96 Å². The molecule has 1 aromatic rings. The number of piperidine rings is 1. The molecule has 0 amide bonds. The van der Waals surface area contributed by atoms with E-state index in [9.17, 15) is 8.42 Å². The van der Waals surface area contributed by atoms with E-state index in [4.69, 9.17) is 17.2 Å². The summed E-state index contributed by atoms with van der Waals surface area (Å²) in [7, 11) is -3.52. The van der Waals surface area contributed by atoms with Crippen LogP contribution >= 0.6 is 0 Å². The van der Waals surface area contributed by atoms with Crippen LogP contribution in [0.1, 0.15) is 33.1 Å². The summed E-state index contributed by atoms with van der Waals surface area (Å²) < 4.78 is 25.3. The van der Waals surface area contributed by atoms with Gasteiger partial charge in [0.25, 0.3) is 0 Å². The smallest absolute Gasteiger partial charge is 0.223 e. The van der Waals surface area contributed by atoms with Gasteiger partial charge in [-0.05, 0) is 51.3 Å². The standard InChI is InChI=1S/C16H26N6O2S/c1-11(2)25(23,24)14-7-6-12(22-8-4-3-5-9-22)10-13(14)20-16(19)21-15(17)18/h6-7,10-11H,3-5,8-9H2,1-2H3,(H6,17,18,19,20,21). The van der Waals surface area contributed by atoms with E-state index in [1.54, 1.807) is 26.0 Å². The maximum atomic E-state index is 12.6. The predicted octanol–water partition coefficient (Wildman–Crippen LogP) is 1.08. The molecule has 8 nitrogen and oxygen atoms in total. The normalized spacial score (nSPS) is 16.1. The van der Waals surface area contributed by atoms with Crippen LogP contribution in [0.4, 0.5) is 11.4 Å². The largest absolute Gasteiger partial charge is 0.371 e. The molecular formula is C16H26N6O2S. The summed E-state index contributed by atoms with van der Waals surface area (Å²) >= 11 is 0. The molecule has 0 aromatic heterocycles. The summed E-state index contributed by atoms with van der Waals surface area (Å²) in [4.78, 5) is 10.2. The van der Waals surface area contributed by atoms with Crippen molar-refractivity contribution in [2.45, 2.75) is 43.3 Å². The summed E-state index contributed by atoms with van der Waals surface area (Å²) in [6.07, 6.45) is 3.43. The van der Waals surface area contributed by atoms with Crippen molar-refractivity contribution in [2.24, 2.45) is 27.2 Å². The molecule has 1 heterocycles. The van der Waals surface area contributed by atoms with Crippen molar-refractivity contribution in [2.75, 3.05) is 18.0 Å². The van der Waals surface area contributed by atoms with Gasteiger partial charge in [-0.3, -0.25) is 0 Å². The van der Waals surface area contributed by atoms with Crippen molar-refractivity contribution >= 4 is 33.1 Å². The Balaban J connectivity index is 2.54. The summed E-state index contributed by atoms with van der Waals surface area (Å²) in [6, 6.07) is 5.13. The van der Waals surface area contributed by atoms with Crippen LogP contribution in [0.2, 0.25) is 0 Å². The lowest BCUT2D eigenvalue weighted by Crippen LogP contribution is -2.29. The zero-order valence-corrected chi connectivity index (χ0v) is 15.5. The molecule has 1 aromatic carbocycles. The van der Waals surface area contributed by atoms with Crippen molar-refractivity contribution in [1.82, 2.24) is 0 Å². The maximum Gasteiger partial charge on any atom is 0.223 e. The average molecular weight is 366 g/mol. The van der Waals surface area contributed by atoms with E-state index < -0.39 is 15.1 Å². The molecule has 1 saturated heterocycles. The number of hydrogen-bond donors (Lipinski definition) is 3. The van der Waals surface area contributed by atoms with Crippen molar-refractivity contribution < 1.29 is 8.42 Å². The molecule has 0 bridgehead atoms. The third kappa shape index (κ3) is 4.62. The SMILES string of the molecule is CC(C)S(=O)(=O)c1ccc(N2CCCCC2)cc1N=C(N)N=C(N)N. The van der Waals surface area contributed by atoms with Crippen molar-refractivity contribution in [3.8, 4) is 0 Å². The molecule has 9 heteroatoms. The topological polar surface area (TPSA) is 140 Å². The van der Waals surface area contributed by atoms with Crippen LogP contribution in [-0.2, 0) is 9.84 Å². The van der Waals surface area contributed by atoms with Gasteiger partial charge in [0, 0.05) is 18.8 Å². The highest BCUT2D eigenvalue weighted by atomic mass is 32.2. The molecule has 0 atom stereocenters. The van der Waals surface area contributed by atoms with E-state index in [2.05, 4.69) is 14.9 Å². The molecule has 0 spiro atoms. The number of benzene rings is 1. The second kappa shape index (κ2) is 7.73. The van der Waals surface area contributed by atoms with Gasteiger partial charge in [-0.1, -0.05) is 0 Å². The minimum atomic E-state index is -3.52. The van der Waals surface area contributed by atoms with Crippen LogP contribution in [-0.4, -0.2) is 38.7 Å². The van der Waals surface area contributed by atoms with E-state index >= 15 is 0 Å². The number of aliphatic imine (C=N–C) groups is 2. The third-order valence-corrected chi connectivity index (χ3v) is 6.27. The Hall–Kier alpha value is -2.29. The predicted molar refractivity (Wildman–Crippen MR) is 102 cm³/mol. The second-order valence-electron chi connectivity index (χ2n) is 6.30. The Morgan fingerprint density at radius 1 is 1.12 bits per heavy atom. The molecule has 0 radical (unpaired) electrons. The van der Waals surface area contributed by atoms with Crippen molar-refractivity contribution in [3.05, 3.63) is 18.2 Å². The van der Waals surface area contributed by atoms with Crippen LogP contribution in [0, 0.1) is 0 Å². The Labute approximate surface area is 148 Å². The first kappa shape index (κ1) is 19.0. The van der Waals surface area contributed by atoms with Gasteiger partial charge in [0.15, 0.2) is 15.8 Å². The quantitative estimate of drug-likeness (QED) is 0.538. The molecule has 0 unspecified atom stereocenters. The Morgan fingerprint density at radius 2 is 1.76 bits per heavy atom. The number of sulfone groups is 1. The molecule has 6 N–H and O–H groups in total. The fraction of sp³-hybridized carbons (Fsp3) is 0.500. The van der Waals surface area contributed by atoms with Crippen LogP contribution in [0.5, 0.6) is 0 Å². The Bertz CT molecular complexity index is 776. The first-order valence-corrected chi connectivity index (χ1v) is 9.83. The third-order valence-electron chi connectivity index (χ3n) is 4.07. The summed E-state index contributed by atoms with van der Waals surface area (Å²) in [6.45, 7) is 5.12. The van der Waals surface area contributed by atoms with Gasteiger partial charge in [0.05, 0.1) is 15.8 Å². The van der Waals surface area contributed by atoms with Gasteiger partial charge in [-0.15, -0.1) is 0 Å². The monoisotopic (exact) mass is 366 g/mol. The summed E-state index contributed by atoms with van der Waals surface area (Å²) in [5.41, 5.74) is 17.5. The van der Waals surface area contributed by atoms with Gasteiger partial charge in [0.1, 0.15) is 0 Å². The minimum absolute atomic E-state index is 0.122. The second-order valence-corrected chi connectivity index (χ2v) is 8.77. The van der Waals surface area contributed by atoms with E-state index in [1.165, 1.54) is 6.42 Å². The van der Waals surface area contributed by atoms with Crippen LogP contribution in [0.15, 0.2) is 33.1 Å². The maximum absolute atomic E-state index is 12.6. The highest BCUT2D eigenvalue weighted by molar-refractivity contribution is 7.92. The van der Waals surface area contributed by atoms with E-state index in [-0.39, 0.29) is 22.5 Å². The number of rotatable bonds is 4. The lowest BCUT2D eigenvalue weighted by Gasteiger charge is -2.29. The summed E-state index contributed by atoms with van der Waals surface area (Å²) in [5.74, 6) is -0.419. The molecule has 0 saturated carbocycles. The Kier molecular flexibility index (Phi) is 5.89. The fourth-order valence-electron chi connectivity index (χ4n) is 2.72. The lowest BCUT2D eigenvalue weighted by atomic mass is 10.1. The van der Waals surface area contributed by atoms with Crippen LogP contribution < -0.4 is 22.1 Å². The van der Waals surface area contributed by atoms with E-state index in [0.29, 0.717) is 0 Å². The molecular weight excluding hydrogens is 340 g/mol. The molecule has 25 heavy (non-hydrogen) atoms. The average Bonchev–Trinajstić information content (AvgIpc) is 2.54. The highest BCUT2D eigenvalue weighted by Crippen LogP contribution is 2.33. The van der Waals surface area contributed by atoms with Crippen molar-refractivity contribution in [3.63, 3.8) is 0 Å². The van der Waals surface area contributed by atoms with E-state index in [1.807, 2.05) is 6.07 Å². The number of nitrogens with zero attached hydrogens (tertiary/aromatic N) is 3. The zero-order chi connectivity index (χ0) is 18.6. The molecule has 2 rings (SSSR count). The molecule has 138 valence electrons. The number of anilines is 1. The van der Waals surface area contributed by atoms with Crippen LogP contribution in [0.25, 0.3) is 0 Å². The highest BCUT2D eigenvalue weighted by Gasteiger charge is 2.24. The van der Waals surface area contributed by atoms with Gasteiger partial charge < -0.3 is 22.1 Å². The van der Waals surface area contributed by atoms with E-state index in [0.717, 1.165) is 31.6 Å². The van der Waals surface area contributed by atoms with Crippen molar-refractivity contribution in [1.29, 1.82) is 0 Å². The molecule has 0 aliphatic carbocycles. The lowest BCUT2D eigenvalue weighted by molar-refractivity contribution is 0.577. The zero-order valence-electron chi connectivity index (χ0n) is 14.6. The van der Waals surface area contributed by atoms with Gasteiger partial charge >= 0.3 is 0 Å². The van der Waals surface area contributed by atoms with Gasteiger partial charge in [-0.25, -0.2) is 13.4 Å².